The van der Waals surface area contributed by atoms with Gasteiger partial charge in [0.15, 0.2) is 6.61 Å². The van der Waals surface area contributed by atoms with Crippen LogP contribution in [0.3, 0.4) is 0 Å². The zero-order valence-corrected chi connectivity index (χ0v) is 12.7. The molecule has 2 aromatic rings. The molecule has 0 fully saturated rings. The van der Waals surface area contributed by atoms with Crippen molar-refractivity contribution >= 4 is 12.0 Å². The van der Waals surface area contributed by atoms with Gasteiger partial charge in [-0.05, 0) is 36.1 Å². The van der Waals surface area contributed by atoms with Gasteiger partial charge >= 0.3 is 5.97 Å². The second-order valence-corrected chi connectivity index (χ2v) is 4.86. The molecule has 0 radical (unpaired) electrons. The molecule has 0 saturated heterocycles. The average Bonchev–Trinajstić information content (AvgIpc) is 2.58. The van der Waals surface area contributed by atoms with Crippen molar-refractivity contribution in [3.63, 3.8) is 0 Å². The SMILES string of the molecule is COC(=O)COc1cccc(/C=C\CCc2ccccc2)c1. The number of aryl methyl sites for hydroxylation is 1. The van der Waals surface area contributed by atoms with Crippen LogP contribution in [0.15, 0.2) is 60.7 Å². The van der Waals surface area contributed by atoms with Crippen molar-refractivity contribution in [3.8, 4) is 5.75 Å². The number of hydrogen-bond acceptors (Lipinski definition) is 3. The zero-order chi connectivity index (χ0) is 15.6. The van der Waals surface area contributed by atoms with Gasteiger partial charge in [-0.15, -0.1) is 0 Å². The summed E-state index contributed by atoms with van der Waals surface area (Å²) in [6.45, 7) is -0.0718. The largest absolute Gasteiger partial charge is 0.482 e. The number of rotatable bonds is 7. The highest BCUT2D eigenvalue weighted by molar-refractivity contribution is 5.70. The highest BCUT2D eigenvalue weighted by Gasteiger charge is 2.01. The molecule has 0 N–H and O–H groups in total. The summed E-state index contributed by atoms with van der Waals surface area (Å²) in [5.41, 5.74) is 2.39. The number of hydrogen-bond donors (Lipinski definition) is 0. The molecule has 0 heterocycles. The zero-order valence-electron chi connectivity index (χ0n) is 12.7. The molecule has 22 heavy (non-hydrogen) atoms. The lowest BCUT2D eigenvalue weighted by atomic mass is 10.1. The molecule has 0 unspecified atom stereocenters. The second kappa shape index (κ2) is 8.67. The smallest absolute Gasteiger partial charge is 0.343 e. The molecule has 0 atom stereocenters. The normalized spacial score (nSPS) is 10.6. The van der Waals surface area contributed by atoms with Gasteiger partial charge in [0, 0.05) is 0 Å². The number of methoxy groups -OCH3 is 1. The maximum Gasteiger partial charge on any atom is 0.343 e. The Kier molecular flexibility index (Phi) is 6.24. The first-order chi connectivity index (χ1) is 10.8. The van der Waals surface area contributed by atoms with E-state index < -0.39 is 0 Å². The van der Waals surface area contributed by atoms with Crippen LogP contribution < -0.4 is 4.74 Å². The van der Waals surface area contributed by atoms with Gasteiger partial charge in [-0.25, -0.2) is 4.79 Å². The Labute approximate surface area is 131 Å². The fourth-order valence-electron chi connectivity index (χ4n) is 2.02. The monoisotopic (exact) mass is 296 g/mol. The lowest BCUT2D eigenvalue weighted by Gasteiger charge is -2.05. The summed E-state index contributed by atoms with van der Waals surface area (Å²) in [4.78, 5) is 11.1. The van der Waals surface area contributed by atoms with Gasteiger partial charge in [-0.1, -0.05) is 54.6 Å². The lowest BCUT2D eigenvalue weighted by molar-refractivity contribution is -0.142. The van der Waals surface area contributed by atoms with Gasteiger partial charge < -0.3 is 9.47 Å². The summed E-state index contributed by atoms with van der Waals surface area (Å²) >= 11 is 0. The Balaban J connectivity index is 1.84. The molecule has 0 spiro atoms. The van der Waals surface area contributed by atoms with E-state index in [1.165, 1.54) is 12.7 Å². The first kappa shape index (κ1) is 15.8. The molecule has 3 nitrogen and oxygen atoms in total. The van der Waals surface area contributed by atoms with Crippen LogP contribution in [0.25, 0.3) is 6.08 Å². The van der Waals surface area contributed by atoms with Crippen molar-refractivity contribution in [1.82, 2.24) is 0 Å². The van der Waals surface area contributed by atoms with Crippen molar-refractivity contribution in [2.24, 2.45) is 0 Å². The van der Waals surface area contributed by atoms with E-state index in [2.05, 4.69) is 41.2 Å². The van der Waals surface area contributed by atoms with E-state index in [4.69, 9.17) is 4.74 Å². The molecule has 2 aromatic carbocycles. The van der Waals surface area contributed by atoms with Crippen LogP contribution in [-0.4, -0.2) is 19.7 Å². The molecule has 0 aliphatic rings. The lowest BCUT2D eigenvalue weighted by Crippen LogP contribution is -2.12. The second-order valence-electron chi connectivity index (χ2n) is 4.86. The molecule has 3 heteroatoms. The Morgan fingerprint density at radius 3 is 2.68 bits per heavy atom. The van der Waals surface area contributed by atoms with Crippen LogP contribution in [0.5, 0.6) is 5.75 Å². The summed E-state index contributed by atoms with van der Waals surface area (Å²) in [6, 6.07) is 18.0. The summed E-state index contributed by atoms with van der Waals surface area (Å²) < 4.78 is 9.91. The summed E-state index contributed by atoms with van der Waals surface area (Å²) in [5.74, 6) is 0.277. The van der Waals surface area contributed by atoms with Crippen molar-refractivity contribution in [2.75, 3.05) is 13.7 Å². The first-order valence-electron chi connectivity index (χ1n) is 7.28. The topological polar surface area (TPSA) is 35.5 Å². The minimum atomic E-state index is -0.385. The summed E-state index contributed by atoms with van der Waals surface area (Å²) in [7, 11) is 1.34. The fourth-order valence-corrected chi connectivity index (χ4v) is 2.02. The van der Waals surface area contributed by atoms with E-state index in [0.29, 0.717) is 5.75 Å². The average molecular weight is 296 g/mol. The Morgan fingerprint density at radius 1 is 1.09 bits per heavy atom. The molecule has 0 aliphatic heterocycles. The number of ether oxygens (including phenoxy) is 2. The van der Waals surface area contributed by atoms with Crippen LogP contribution in [0.4, 0.5) is 0 Å². The fraction of sp³-hybridized carbons (Fsp3) is 0.211. The molecule has 0 bridgehead atoms. The molecule has 2 rings (SSSR count). The van der Waals surface area contributed by atoms with Gasteiger partial charge in [-0.3, -0.25) is 0 Å². The molecule has 0 amide bonds. The molecule has 0 saturated carbocycles. The highest BCUT2D eigenvalue weighted by Crippen LogP contribution is 2.15. The summed E-state index contributed by atoms with van der Waals surface area (Å²) in [6.07, 6.45) is 6.22. The van der Waals surface area contributed by atoms with Crippen molar-refractivity contribution in [1.29, 1.82) is 0 Å². The molecule has 0 aromatic heterocycles. The van der Waals surface area contributed by atoms with Crippen LogP contribution >= 0.6 is 0 Å². The van der Waals surface area contributed by atoms with Crippen LogP contribution in [0, 0.1) is 0 Å². The maximum atomic E-state index is 11.1. The van der Waals surface area contributed by atoms with Crippen LogP contribution in [-0.2, 0) is 16.0 Å². The Morgan fingerprint density at radius 2 is 1.91 bits per heavy atom. The van der Waals surface area contributed by atoms with Gasteiger partial charge in [0.1, 0.15) is 5.75 Å². The predicted octanol–water partition coefficient (Wildman–Crippen LogP) is 3.88. The minimum absolute atomic E-state index is 0.0718. The molecule has 114 valence electrons. The van der Waals surface area contributed by atoms with E-state index in [9.17, 15) is 4.79 Å². The van der Waals surface area contributed by atoms with Gasteiger partial charge in [0.2, 0.25) is 0 Å². The van der Waals surface area contributed by atoms with E-state index in [0.717, 1.165) is 18.4 Å². The van der Waals surface area contributed by atoms with E-state index in [1.54, 1.807) is 0 Å². The number of carbonyl (C=O) groups is 1. The number of esters is 1. The van der Waals surface area contributed by atoms with Gasteiger partial charge in [-0.2, -0.15) is 0 Å². The number of benzene rings is 2. The van der Waals surface area contributed by atoms with Gasteiger partial charge in [0.25, 0.3) is 0 Å². The van der Waals surface area contributed by atoms with E-state index in [1.807, 2.05) is 30.3 Å². The first-order valence-corrected chi connectivity index (χ1v) is 7.28. The third-order valence-electron chi connectivity index (χ3n) is 3.20. The molecular formula is C19H20O3. The van der Waals surface area contributed by atoms with E-state index >= 15 is 0 Å². The van der Waals surface area contributed by atoms with E-state index in [-0.39, 0.29) is 12.6 Å². The Bertz CT molecular complexity index is 618. The third kappa shape index (κ3) is 5.44. The summed E-state index contributed by atoms with van der Waals surface area (Å²) in [5, 5.41) is 0. The number of allylic oxidation sites excluding steroid dienone is 1. The van der Waals surface area contributed by atoms with Gasteiger partial charge in [0.05, 0.1) is 7.11 Å². The standard InChI is InChI=1S/C19H20O3/c1-21-19(20)15-22-18-13-7-12-17(14-18)11-6-5-10-16-8-3-2-4-9-16/h2-4,6-9,11-14H,5,10,15H2,1H3/b11-6-. The maximum absolute atomic E-state index is 11.1. The number of carbonyl (C=O) groups excluding carboxylic acids is 1. The Hall–Kier alpha value is -2.55. The third-order valence-corrected chi connectivity index (χ3v) is 3.20. The van der Waals surface area contributed by atoms with Crippen molar-refractivity contribution < 1.29 is 14.3 Å². The van der Waals surface area contributed by atoms with Crippen LogP contribution in [0.2, 0.25) is 0 Å². The van der Waals surface area contributed by atoms with Crippen molar-refractivity contribution in [2.45, 2.75) is 12.8 Å². The predicted molar refractivity (Wildman–Crippen MR) is 87.8 cm³/mol. The van der Waals surface area contributed by atoms with Crippen LogP contribution in [0.1, 0.15) is 17.5 Å². The quantitative estimate of drug-likeness (QED) is 0.727. The molecule has 0 aliphatic carbocycles. The van der Waals surface area contributed by atoms with Crippen molar-refractivity contribution in [3.05, 3.63) is 71.8 Å². The minimum Gasteiger partial charge on any atom is -0.482 e. The molecular weight excluding hydrogens is 276 g/mol. The highest BCUT2D eigenvalue weighted by atomic mass is 16.6.